The molecule has 2 nitrogen and oxygen atoms in total. The number of anilines is 2. The number of nitrogens with zero attached hydrogens (tertiary/aromatic N) is 1. The molecule has 0 radical (unpaired) electrons. The first-order chi connectivity index (χ1) is 7.59. The predicted octanol–water partition coefficient (Wildman–Crippen LogP) is 3.52. The van der Waals surface area contributed by atoms with Crippen LogP contribution in [0.3, 0.4) is 0 Å². The van der Waals surface area contributed by atoms with Crippen molar-refractivity contribution in [1.82, 2.24) is 0 Å². The van der Waals surface area contributed by atoms with Crippen molar-refractivity contribution in [3.8, 4) is 0 Å². The third kappa shape index (κ3) is 2.36. The third-order valence-electron chi connectivity index (χ3n) is 2.69. The van der Waals surface area contributed by atoms with Gasteiger partial charge in [0.05, 0.1) is 15.7 Å². The summed E-state index contributed by atoms with van der Waals surface area (Å²) in [5, 5.41) is 1.28. The Morgan fingerprint density at radius 3 is 2.56 bits per heavy atom. The van der Waals surface area contributed by atoms with Gasteiger partial charge in [0.1, 0.15) is 0 Å². The van der Waals surface area contributed by atoms with E-state index in [9.17, 15) is 0 Å². The van der Waals surface area contributed by atoms with Gasteiger partial charge < -0.3 is 10.6 Å². The minimum atomic E-state index is 0.456. The Balaban J connectivity index is 2.38. The summed E-state index contributed by atoms with van der Waals surface area (Å²) in [5.74, 6) is 2.22. The molecular formula is C11H14Cl2N2S. The van der Waals surface area contributed by atoms with Gasteiger partial charge in [0.15, 0.2) is 0 Å². The van der Waals surface area contributed by atoms with E-state index in [1.165, 1.54) is 0 Å². The van der Waals surface area contributed by atoms with Crippen molar-refractivity contribution < 1.29 is 0 Å². The van der Waals surface area contributed by atoms with Gasteiger partial charge >= 0.3 is 0 Å². The second-order valence-corrected chi connectivity index (χ2v) is 5.91. The molecule has 5 heteroatoms. The van der Waals surface area contributed by atoms with E-state index >= 15 is 0 Å². The molecule has 1 saturated heterocycles. The maximum atomic E-state index is 6.22. The van der Waals surface area contributed by atoms with Crippen LogP contribution in [0.1, 0.15) is 6.92 Å². The van der Waals surface area contributed by atoms with Crippen LogP contribution in [-0.4, -0.2) is 24.1 Å². The van der Waals surface area contributed by atoms with E-state index in [2.05, 4.69) is 11.8 Å². The monoisotopic (exact) mass is 276 g/mol. The fourth-order valence-electron chi connectivity index (χ4n) is 1.92. The van der Waals surface area contributed by atoms with E-state index in [1.54, 1.807) is 12.1 Å². The molecule has 16 heavy (non-hydrogen) atoms. The van der Waals surface area contributed by atoms with Crippen molar-refractivity contribution in [2.75, 3.05) is 28.7 Å². The van der Waals surface area contributed by atoms with E-state index < -0.39 is 0 Å². The standard InChI is InChI=1S/C11H14Cl2N2S/c1-7-6-16-3-2-15(7)11-9(12)4-8(14)5-10(11)13/h4-5,7H,2-3,6,14H2,1H3. The molecular weight excluding hydrogens is 263 g/mol. The lowest BCUT2D eigenvalue weighted by Gasteiger charge is -2.36. The molecule has 1 aromatic rings. The van der Waals surface area contributed by atoms with Crippen LogP contribution in [0.4, 0.5) is 11.4 Å². The fraction of sp³-hybridized carbons (Fsp3) is 0.455. The summed E-state index contributed by atoms with van der Waals surface area (Å²) in [7, 11) is 0. The smallest absolute Gasteiger partial charge is 0.0749 e. The fourth-order valence-corrected chi connectivity index (χ4v) is 3.65. The third-order valence-corrected chi connectivity index (χ3v) is 4.46. The van der Waals surface area contributed by atoms with Crippen LogP contribution in [0.15, 0.2) is 12.1 Å². The summed E-state index contributed by atoms with van der Waals surface area (Å²) in [6.45, 7) is 3.17. The van der Waals surface area contributed by atoms with Crippen molar-refractivity contribution in [3.05, 3.63) is 22.2 Å². The van der Waals surface area contributed by atoms with Crippen molar-refractivity contribution in [1.29, 1.82) is 0 Å². The van der Waals surface area contributed by atoms with Crippen LogP contribution in [0, 0.1) is 0 Å². The zero-order valence-corrected chi connectivity index (χ0v) is 11.4. The average molecular weight is 277 g/mol. The zero-order chi connectivity index (χ0) is 11.7. The number of benzene rings is 1. The van der Waals surface area contributed by atoms with Gasteiger partial charge in [0, 0.05) is 29.8 Å². The highest BCUT2D eigenvalue weighted by atomic mass is 35.5. The van der Waals surface area contributed by atoms with E-state index in [0.717, 1.165) is 23.7 Å². The Morgan fingerprint density at radius 2 is 2.00 bits per heavy atom. The molecule has 1 aliphatic rings. The van der Waals surface area contributed by atoms with Gasteiger partial charge in [-0.2, -0.15) is 11.8 Å². The van der Waals surface area contributed by atoms with Crippen LogP contribution in [0.2, 0.25) is 10.0 Å². The SMILES string of the molecule is CC1CSCCN1c1c(Cl)cc(N)cc1Cl. The topological polar surface area (TPSA) is 29.3 Å². The van der Waals surface area contributed by atoms with Crippen LogP contribution >= 0.6 is 35.0 Å². The molecule has 0 saturated carbocycles. The minimum absolute atomic E-state index is 0.456. The normalized spacial score (nSPS) is 21.2. The van der Waals surface area contributed by atoms with E-state index in [-0.39, 0.29) is 0 Å². The molecule has 1 heterocycles. The highest BCUT2D eigenvalue weighted by Gasteiger charge is 2.23. The summed E-state index contributed by atoms with van der Waals surface area (Å²) < 4.78 is 0. The molecule has 1 atom stereocenters. The second-order valence-electron chi connectivity index (χ2n) is 3.95. The highest BCUT2D eigenvalue weighted by Crippen LogP contribution is 2.38. The average Bonchev–Trinajstić information content (AvgIpc) is 2.19. The Hall–Kier alpha value is -0.250. The quantitative estimate of drug-likeness (QED) is 0.796. The second kappa shape index (κ2) is 4.94. The summed E-state index contributed by atoms with van der Waals surface area (Å²) in [6, 6.07) is 3.98. The molecule has 2 N–H and O–H groups in total. The Bertz CT molecular complexity index is 375. The van der Waals surface area contributed by atoms with Gasteiger partial charge in [-0.3, -0.25) is 0 Å². The number of nitrogen functional groups attached to an aromatic ring is 1. The Morgan fingerprint density at radius 1 is 1.38 bits per heavy atom. The van der Waals surface area contributed by atoms with Gasteiger partial charge in [0.2, 0.25) is 0 Å². The van der Waals surface area contributed by atoms with E-state index in [0.29, 0.717) is 21.8 Å². The number of hydrogen-bond acceptors (Lipinski definition) is 3. The number of thioether (sulfide) groups is 1. The van der Waals surface area contributed by atoms with E-state index in [4.69, 9.17) is 28.9 Å². The minimum Gasteiger partial charge on any atom is -0.399 e. The maximum absolute atomic E-state index is 6.22. The molecule has 0 aliphatic carbocycles. The van der Waals surface area contributed by atoms with Gasteiger partial charge in [-0.05, 0) is 19.1 Å². The van der Waals surface area contributed by atoms with Crippen LogP contribution in [0.25, 0.3) is 0 Å². The molecule has 1 fully saturated rings. The molecule has 1 aromatic carbocycles. The van der Waals surface area contributed by atoms with Crippen molar-refractivity contribution in [2.24, 2.45) is 0 Å². The lowest BCUT2D eigenvalue weighted by Crippen LogP contribution is -2.40. The van der Waals surface area contributed by atoms with Crippen molar-refractivity contribution >= 4 is 46.3 Å². The van der Waals surface area contributed by atoms with Gasteiger partial charge in [-0.1, -0.05) is 23.2 Å². The van der Waals surface area contributed by atoms with Crippen LogP contribution < -0.4 is 10.6 Å². The summed E-state index contributed by atoms with van der Waals surface area (Å²) in [6.07, 6.45) is 0. The first-order valence-corrected chi connectivity index (χ1v) is 7.09. The molecule has 0 bridgehead atoms. The molecule has 1 unspecified atom stereocenters. The molecule has 1 aliphatic heterocycles. The van der Waals surface area contributed by atoms with Crippen molar-refractivity contribution in [3.63, 3.8) is 0 Å². The first kappa shape index (κ1) is 12.2. The first-order valence-electron chi connectivity index (χ1n) is 5.18. The van der Waals surface area contributed by atoms with Gasteiger partial charge in [0.25, 0.3) is 0 Å². The molecule has 2 rings (SSSR count). The van der Waals surface area contributed by atoms with Crippen LogP contribution in [-0.2, 0) is 0 Å². The van der Waals surface area contributed by atoms with Gasteiger partial charge in [-0.15, -0.1) is 0 Å². The molecule has 0 aromatic heterocycles. The lowest BCUT2D eigenvalue weighted by atomic mass is 10.2. The number of nitrogens with two attached hydrogens (primary N) is 1. The predicted molar refractivity (Wildman–Crippen MR) is 75.0 cm³/mol. The van der Waals surface area contributed by atoms with Crippen molar-refractivity contribution in [2.45, 2.75) is 13.0 Å². The molecule has 0 spiro atoms. The Kier molecular flexibility index (Phi) is 3.77. The highest BCUT2D eigenvalue weighted by molar-refractivity contribution is 7.99. The lowest BCUT2D eigenvalue weighted by molar-refractivity contribution is 0.700. The maximum Gasteiger partial charge on any atom is 0.0749 e. The summed E-state index contributed by atoms with van der Waals surface area (Å²) in [4.78, 5) is 2.26. The van der Waals surface area contributed by atoms with E-state index in [1.807, 2.05) is 11.8 Å². The van der Waals surface area contributed by atoms with Crippen LogP contribution in [0.5, 0.6) is 0 Å². The molecule has 0 amide bonds. The summed E-state index contributed by atoms with van der Waals surface area (Å²) >= 11 is 14.4. The number of rotatable bonds is 1. The largest absolute Gasteiger partial charge is 0.399 e. The molecule has 88 valence electrons. The summed E-state index contributed by atoms with van der Waals surface area (Å²) in [5.41, 5.74) is 7.23. The number of halogens is 2. The zero-order valence-electron chi connectivity index (χ0n) is 9.04. The number of hydrogen-bond donors (Lipinski definition) is 1. The van der Waals surface area contributed by atoms with Gasteiger partial charge in [-0.25, -0.2) is 0 Å². The Labute approximate surface area is 110 Å².